The normalized spacial score (nSPS) is 24.9. The molecule has 2 aliphatic carbocycles. The number of nitro benzene ring substituents is 1. The van der Waals surface area contributed by atoms with Crippen LogP contribution in [0.5, 0.6) is 23.1 Å². The third kappa shape index (κ3) is 9.99. The number of fused-ring (bicyclic) bond motifs is 2. The lowest BCUT2D eigenvalue weighted by atomic mass is 9.70. The molecule has 3 atom stereocenters. The van der Waals surface area contributed by atoms with Gasteiger partial charge in [-0.3, -0.25) is 24.7 Å². The van der Waals surface area contributed by atoms with E-state index >= 15 is 4.39 Å². The standard InChI is InChI=1S/C55H67FN8O9S/c1-34(2)38-8-4-5-9-39(38)40-10-6-11-45(40)63-32-55(33-63)18-22-62(23-19-55)36-12-13-41(47(26-36)73-49-29-42-43(56)30-57-51(42)59-53(49)71-25-24-61-20-7-21-61)52(65)60-74(69,70)37-27-46(64(67)68)50-48(28-37)72-31-44(58-50)35-14-16-54(3,66)17-15-35/h4-5,8-9,12-13,26-30,34-35,40,44-45,58,66H,6-7,10-11,14-25,31-33H2,1-3H3,(H,57,59)(H,60,65)/t35-,40-,44+,45-,54-/m0/s1. The fourth-order valence-corrected chi connectivity index (χ4v) is 13.5. The van der Waals surface area contributed by atoms with Gasteiger partial charge in [0, 0.05) is 74.9 Å². The Hall–Kier alpha value is -6.02. The van der Waals surface area contributed by atoms with Crippen molar-refractivity contribution in [3.05, 3.63) is 99.5 Å². The Morgan fingerprint density at radius 3 is 2.50 bits per heavy atom. The lowest BCUT2D eigenvalue weighted by Crippen LogP contribution is -2.63. The van der Waals surface area contributed by atoms with Gasteiger partial charge in [0.25, 0.3) is 27.5 Å². The first-order valence-electron chi connectivity index (χ1n) is 26.5. The molecule has 11 rings (SSSR count). The van der Waals surface area contributed by atoms with Crippen LogP contribution in [0.2, 0.25) is 0 Å². The van der Waals surface area contributed by atoms with Gasteiger partial charge >= 0.3 is 0 Å². The molecular weight excluding hydrogens is 968 g/mol. The Balaban J connectivity index is 0.846. The summed E-state index contributed by atoms with van der Waals surface area (Å²) < 4.78 is 64.4. The van der Waals surface area contributed by atoms with E-state index in [0.29, 0.717) is 50.1 Å². The number of hydrogen-bond donors (Lipinski definition) is 4. The Bertz CT molecular complexity index is 3050. The molecule has 0 unspecified atom stereocenters. The molecule has 6 aliphatic rings. The van der Waals surface area contributed by atoms with E-state index in [1.807, 2.05) is 0 Å². The summed E-state index contributed by atoms with van der Waals surface area (Å²) in [5.41, 5.74) is 2.75. The van der Waals surface area contributed by atoms with Gasteiger partial charge in [0.1, 0.15) is 30.4 Å². The number of likely N-dealkylation sites (tertiary alicyclic amines) is 2. The van der Waals surface area contributed by atoms with Crippen molar-refractivity contribution in [1.82, 2.24) is 24.5 Å². The molecule has 6 heterocycles. The predicted octanol–water partition coefficient (Wildman–Crippen LogP) is 9.08. The number of piperidine rings is 1. The number of halogens is 1. The monoisotopic (exact) mass is 1030 g/mol. The van der Waals surface area contributed by atoms with Crippen molar-refractivity contribution in [2.45, 2.75) is 119 Å². The molecule has 394 valence electrons. The van der Waals surface area contributed by atoms with Crippen molar-refractivity contribution in [3.8, 4) is 23.1 Å². The predicted molar refractivity (Wildman–Crippen MR) is 279 cm³/mol. The van der Waals surface area contributed by atoms with Crippen LogP contribution in [0.15, 0.2) is 71.8 Å². The number of anilines is 2. The van der Waals surface area contributed by atoms with Gasteiger partial charge in [-0.05, 0) is 124 Å². The number of aromatic amines is 1. The van der Waals surface area contributed by atoms with Crippen molar-refractivity contribution in [1.29, 1.82) is 0 Å². The minimum absolute atomic E-state index is 0.0222. The molecule has 74 heavy (non-hydrogen) atoms. The molecule has 3 saturated heterocycles. The number of hydrogen-bond acceptors (Lipinski definition) is 14. The molecule has 2 saturated carbocycles. The zero-order valence-corrected chi connectivity index (χ0v) is 43.2. The molecule has 1 spiro atoms. The summed E-state index contributed by atoms with van der Waals surface area (Å²) in [7, 11) is -4.77. The molecule has 17 nitrogen and oxygen atoms in total. The number of aliphatic hydroxyl groups is 1. The van der Waals surface area contributed by atoms with Crippen molar-refractivity contribution in [3.63, 3.8) is 0 Å². The highest BCUT2D eigenvalue weighted by Crippen LogP contribution is 2.50. The van der Waals surface area contributed by atoms with Crippen LogP contribution in [0.25, 0.3) is 11.0 Å². The Kier molecular flexibility index (Phi) is 13.5. The summed E-state index contributed by atoms with van der Waals surface area (Å²) in [6, 6.07) is 17.7. The Morgan fingerprint density at radius 1 is 1.00 bits per heavy atom. The molecule has 19 heteroatoms. The zero-order valence-electron chi connectivity index (χ0n) is 42.4. The minimum atomic E-state index is -4.77. The number of nitrogens with zero attached hydrogens (tertiary/aromatic N) is 5. The number of ether oxygens (including phenoxy) is 3. The fourth-order valence-electron chi connectivity index (χ4n) is 12.5. The second-order valence-electron chi connectivity index (χ2n) is 22.3. The van der Waals surface area contributed by atoms with E-state index in [4.69, 9.17) is 14.2 Å². The van der Waals surface area contributed by atoms with E-state index in [1.165, 1.54) is 54.8 Å². The summed E-state index contributed by atoms with van der Waals surface area (Å²) in [5, 5.41) is 26.4. The Morgan fingerprint density at radius 2 is 1.77 bits per heavy atom. The van der Waals surface area contributed by atoms with Gasteiger partial charge in [-0.2, -0.15) is 4.98 Å². The van der Waals surface area contributed by atoms with Gasteiger partial charge in [-0.25, -0.2) is 17.5 Å². The van der Waals surface area contributed by atoms with Crippen LogP contribution in [0.1, 0.15) is 118 Å². The number of nitrogens with one attached hydrogen (secondary N) is 3. The van der Waals surface area contributed by atoms with Crippen LogP contribution in [-0.4, -0.2) is 121 Å². The van der Waals surface area contributed by atoms with Crippen LogP contribution < -0.4 is 29.1 Å². The molecule has 2 aromatic heterocycles. The fraction of sp³-hybridized carbons (Fsp3) is 0.527. The van der Waals surface area contributed by atoms with Gasteiger partial charge in [0.2, 0.25) is 0 Å². The van der Waals surface area contributed by atoms with Gasteiger partial charge < -0.3 is 34.5 Å². The first-order valence-corrected chi connectivity index (χ1v) is 27.9. The molecule has 5 fully saturated rings. The third-order valence-corrected chi connectivity index (χ3v) is 18.3. The topological polar surface area (TPSA) is 205 Å². The lowest BCUT2D eigenvalue weighted by molar-refractivity contribution is -0.384. The van der Waals surface area contributed by atoms with Gasteiger partial charge in [-0.15, -0.1) is 0 Å². The maximum atomic E-state index is 15.2. The summed E-state index contributed by atoms with van der Waals surface area (Å²) in [4.78, 5) is 40.3. The number of carbonyl (C=O) groups excluding carboxylic acids is 1. The number of benzene rings is 3. The summed E-state index contributed by atoms with van der Waals surface area (Å²) in [6.45, 7) is 12.9. The SMILES string of the molecule is CC(C)c1ccccc1[C@@H]1CCC[C@@H]1N1CC2(CCN(c3ccc(C(=O)NS(=O)(=O)c4cc5c(c([N+](=O)[O-])c4)N[C@@H]([C@H]4CC[C@](C)(O)CC4)CO5)c(Oc4cc5c(F)c[nH]c5nc4OCCN4CCC4)c3)CC2)C1. The van der Waals surface area contributed by atoms with Crippen LogP contribution in [-0.2, 0) is 10.0 Å². The molecule has 5 aromatic rings. The average molecular weight is 1040 g/mol. The Labute approximate surface area is 431 Å². The smallest absolute Gasteiger partial charge is 0.297 e. The van der Waals surface area contributed by atoms with E-state index in [1.54, 1.807) is 19.1 Å². The average Bonchev–Trinajstić information content (AvgIpc) is 4.00. The van der Waals surface area contributed by atoms with Crippen molar-refractivity contribution in [2.75, 3.05) is 69.2 Å². The number of nitro groups is 1. The molecular formula is C55H67FN8O9S. The van der Waals surface area contributed by atoms with Gasteiger partial charge in [0.15, 0.2) is 17.2 Å². The first kappa shape index (κ1) is 50.2. The van der Waals surface area contributed by atoms with E-state index in [2.05, 4.69) is 72.8 Å². The minimum Gasteiger partial charge on any atom is -0.489 e. The molecule has 1 amide bonds. The number of H-pyrrole nitrogens is 1. The maximum absolute atomic E-state index is 15.2. The van der Waals surface area contributed by atoms with E-state index < -0.39 is 42.9 Å². The van der Waals surface area contributed by atoms with Crippen molar-refractivity contribution < 1.29 is 41.8 Å². The number of aromatic nitrogens is 2. The third-order valence-electron chi connectivity index (χ3n) is 17.0. The quantitative estimate of drug-likeness (QED) is 0.0571. The van der Waals surface area contributed by atoms with Crippen LogP contribution >= 0.6 is 0 Å². The largest absolute Gasteiger partial charge is 0.489 e. The first-order chi connectivity index (χ1) is 35.5. The number of pyridine rings is 1. The molecule has 0 radical (unpaired) electrons. The molecule has 4 N–H and O–H groups in total. The van der Waals surface area contributed by atoms with E-state index in [-0.39, 0.29) is 76.0 Å². The highest BCUT2D eigenvalue weighted by molar-refractivity contribution is 7.90. The number of amides is 1. The van der Waals surface area contributed by atoms with E-state index in [0.717, 1.165) is 70.3 Å². The number of carbonyl (C=O) groups is 1. The van der Waals surface area contributed by atoms with E-state index in [9.17, 15) is 28.4 Å². The van der Waals surface area contributed by atoms with Crippen molar-refractivity contribution in [2.24, 2.45) is 11.3 Å². The number of sulfonamides is 1. The highest BCUT2D eigenvalue weighted by Gasteiger charge is 2.49. The number of rotatable bonds is 15. The zero-order chi connectivity index (χ0) is 51.5. The summed E-state index contributed by atoms with van der Waals surface area (Å²) in [5.74, 6) is -0.518. The van der Waals surface area contributed by atoms with Crippen LogP contribution in [0.4, 0.5) is 21.5 Å². The van der Waals surface area contributed by atoms with Crippen LogP contribution in [0, 0.1) is 27.3 Å². The van der Waals surface area contributed by atoms with Crippen molar-refractivity contribution >= 4 is 44.0 Å². The molecule has 4 aliphatic heterocycles. The summed E-state index contributed by atoms with van der Waals surface area (Å²) >= 11 is 0. The lowest BCUT2D eigenvalue weighted by Gasteiger charge is -2.57. The van der Waals surface area contributed by atoms with Gasteiger partial charge in [-0.1, -0.05) is 44.5 Å². The highest BCUT2D eigenvalue weighted by atomic mass is 32.2. The molecule has 0 bridgehead atoms. The van der Waals surface area contributed by atoms with Crippen LogP contribution in [0.3, 0.4) is 0 Å². The second kappa shape index (κ2) is 19.9. The molecule has 3 aromatic carbocycles. The van der Waals surface area contributed by atoms with Gasteiger partial charge in [0.05, 0.1) is 32.4 Å². The maximum Gasteiger partial charge on any atom is 0.297 e. The summed E-state index contributed by atoms with van der Waals surface area (Å²) in [6.07, 6.45) is 10.4. The second-order valence-corrected chi connectivity index (χ2v) is 24.0.